The van der Waals surface area contributed by atoms with Crippen LogP contribution in [0.5, 0.6) is 0 Å². The zero-order chi connectivity index (χ0) is 12.0. The molecule has 0 amide bonds. The molecule has 1 heterocycles. The van der Waals surface area contributed by atoms with Gasteiger partial charge in [-0.3, -0.25) is 4.79 Å². The SMILES string of the molecule is CCN(CC)CCNc1nccn(C)c1=O. The Bertz CT molecular complexity index is 370. The van der Waals surface area contributed by atoms with Gasteiger partial charge in [-0.1, -0.05) is 13.8 Å². The predicted molar refractivity (Wildman–Crippen MR) is 65.8 cm³/mol. The van der Waals surface area contributed by atoms with E-state index >= 15 is 0 Å². The number of hydrogen-bond acceptors (Lipinski definition) is 4. The van der Waals surface area contributed by atoms with Gasteiger partial charge in [0.05, 0.1) is 0 Å². The van der Waals surface area contributed by atoms with E-state index < -0.39 is 0 Å². The van der Waals surface area contributed by atoms with Crippen LogP contribution in [0.3, 0.4) is 0 Å². The van der Waals surface area contributed by atoms with E-state index in [2.05, 4.69) is 29.0 Å². The highest BCUT2D eigenvalue weighted by molar-refractivity contribution is 5.30. The lowest BCUT2D eigenvalue weighted by Crippen LogP contribution is -2.30. The largest absolute Gasteiger partial charge is 0.364 e. The minimum absolute atomic E-state index is 0.0814. The van der Waals surface area contributed by atoms with Gasteiger partial charge >= 0.3 is 0 Å². The first-order valence-corrected chi connectivity index (χ1v) is 5.66. The molecule has 16 heavy (non-hydrogen) atoms. The van der Waals surface area contributed by atoms with E-state index in [0.29, 0.717) is 5.82 Å². The van der Waals surface area contributed by atoms with Gasteiger partial charge < -0.3 is 14.8 Å². The molecule has 0 bridgehead atoms. The molecule has 0 atom stereocenters. The number of nitrogens with zero attached hydrogens (tertiary/aromatic N) is 3. The maximum Gasteiger partial charge on any atom is 0.293 e. The maximum absolute atomic E-state index is 11.6. The first-order chi connectivity index (χ1) is 7.69. The standard InChI is InChI=1S/C11H20N4O/c1-4-15(5-2)9-7-13-10-11(16)14(3)8-6-12-10/h6,8H,4-5,7,9H2,1-3H3,(H,12,13). The Labute approximate surface area is 96.1 Å². The Balaban J connectivity index is 2.49. The lowest BCUT2D eigenvalue weighted by molar-refractivity contribution is 0.316. The molecule has 0 aliphatic carbocycles. The summed E-state index contributed by atoms with van der Waals surface area (Å²) in [6.45, 7) is 7.98. The molecule has 0 aliphatic rings. The summed E-state index contributed by atoms with van der Waals surface area (Å²) >= 11 is 0. The zero-order valence-electron chi connectivity index (χ0n) is 10.2. The molecule has 5 nitrogen and oxygen atoms in total. The number of aromatic nitrogens is 2. The highest BCUT2D eigenvalue weighted by atomic mass is 16.1. The second-order valence-corrected chi connectivity index (χ2v) is 3.65. The summed E-state index contributed by atoms with van der Waals surface area (Å²) in [5, 5.41) is 3.07. The fourth-order valence-electron chi connectivity index (χ4n) is 1.49. The van der Waals surface area contributed by atoms with Gasteiger partial charge in [0.25, 0.3) is 5.56 Å². The van der Waals surface area contributed by atoms with E-state index in [-0.39, 0.29) is 5.56 Å². The monoisotopic (exact) mass is 224 g/mol. The third-order valence-electron chi connectivity index (χ3n) is 2.63. The fourth-order valence-corrected chi connectivity index (χ4v) is 1.49. The third kappa shape index (κ3) is 3.34. The Hall–Kier alpha value is -1.36. The highest BCUT2D eigenvalue weighted by Crippen LogP contribution is 1.92. The smallest absolute Gasteiger partial charge is 0.293 e. The van der Waals surface area contributed by atoms with Crippen molar-refractivity contribution in [3.63, 3.8) is 0 Å². The molecular formula is C11H20N4O. The molecule has 0 aliphatic heterocycles. The van der Waals surface area contributed by atoms with E-state index in [1.165, 1.54) is 4.57 Å². The van der Waals surface area contributed by atoms with Crippen molar-refractivity contribution in [1.29, 1.82) is 0 Å². The number of nitrogens with one attached hydrogen (secondary N) is 1. The topological polar surface area (TPSA) is 50.2 Å². The number of rotatable bonds is 6. The second-order valence-electron chi connectivity index (χ2n) is 3.65. The average molecular weight is 224 g/mol. The van der Waals surface area contributed by atoms with Gasteiger partial charge in [0, 0.05) is 32.5 Å². The molecule has 0 saturated heterocycles. The van der Waals surface area contributed by atoms with Crippen LogP contribution >= 0.6 is 0 Å². The van der Waals surface area contributed by atoms with Crippen molar-refractivity contribution in [2.45, 2.75) is 13.8 Å². The van der Waals surface area contributed by atoms with Gasteiger partial charge in [-0.15, -0.1) is 0 Å². The summed E-state index contributed by atoms with van der Waals surface area (Å²) in [5.74, 6) is 0.428. The Morgan fingerprint density at radius 2 is 2.12 bits per heavy atom. The molecule has 1 rings (SSSR count). The van der Waals surface area contributed by atoms with E-state index in [4.69, 9.17) is 0 Å². The van der Waals surface area contributed by atoms with Crippen LogP contribution in [0.15, 0.2) is 17.2 Å². The number of anilines is 1. The molecular weight excluding hydrogens is 204 g/mol. The van der Waals surface area contributed by atoms with Gasteiger partial charge in [0.2, 0.25) is 0 Å². The quantitative estimate of drug-likeness (QED) is 0.766. The Morgan fingerprint density at radius 1 is 1.44 bits per heavy atom. The van der Waals surface area contributed by atoms with Gasteiger partial charge in [0.1, 0.15) is 0 Å². The van der Waals surface area contributed by atoms with Gasteiger partial charge in [-0.25, -0.2) is 4.98 Å². The normalized spacial score (nSPS) is 10.8. The highest BCUT2D eigenvalue weighted by Gasteiger charge is 2.02. The van der Waals surface area contributed by atoms with Gasteiger partial charge in [0.15, 0.2) is 5.82 Å². The Morgan fingerprint density at radius 3 is 2.75 bits per heavy atom. The molecule has 0 spiro atoms. The van der Waals surface area contributed by atoms with Crippen molar-refractivity contribution in [3.05, 3.63) is 22.7 Å². The summed E-state index contributed by atoms with van der Waals surface area (Å²) in [7, 11) is 1.72. The van der Waals surface area contributed by atoms with E-state index in [1.807, 2.05) is 0 Å². The molecule has 0 unspecified atom stereocenters. The lowest BCUT2D eigenvalue weighted by Gasteiger charge is -2.17. The molecule has 1 aromatic rings. The molecule has 5 heteroatoms. The van der Waals surface area contributed by atoms with Gasteiger partial charge in [-0.05, 0) is 13.1 Å². The van der Waals surface area contributed by atoms with Crippen molar-refractivity contribution < 1.29 is 0 Å². The molecule has 0 fully saturated rings. The number of aryl methyl sites for hydroxylation is 1. The number of hydrogen-bond donors (Lipinski definition) is 1. The zero-order valence-corrected chi connectivity index (χ0v) is 10.2. The van der Waals surface area contributed by atoms with Crippen LogP contribution in [-0.4, -0.2) is 40.6 Å². The minimum Gasteiger partial charge on any atom is -0.364 e. The van der Waals surface area contributed by atoms with Crippen molar-refractivity contribution in [1.82, 2.24) is 14.5 Å². The molecule has 0 radical (unpaired) electrons. The summed E-state index contributed by atoms with van der Waals surface area (Å²) in [4.78, 5) is 17.9. The van der Waals surface area contributed by atoms with Crippen LogP contribution in [0, 0.1) is 0 Å². The van der Waals surface area contributed by atoms with Crippen LogP contribution in [0.2, 0.25) is 0 Å². The van der Waals surface area contributed by atoms with Crippen LogP contribution in [0.1, 0.15) is 13.8 Å². The predicted octanol–water partition coefficient (Wildman–Crippen LogP) is 0.534. The van der Waals surface area contributed by atoms with Crippen LogP contribution in [0.25, 0.3) is 0 Å². The summed E-state index contributed by atoms with van der Waals surface area (Å²) < 4.78 is 1.52. The molecule has 0 saturated carbocycles. The fraction of sp³-hybridized carbons (Fsp3) is 0.636. The lowest BCUT2D eigenvalue weighted by atomic mass is 10.4. The maximum atomic E-state index is 11.6. The molecule has 90 valence electrons. The summed E-state index contributed by atoms with van der Waals surface area (Å²) in [6, 6.07) is 0. The van der Waals surface area contributed by atoms with Crippen molar-refractivity contribution in [3.8, 4) is 0 Å². The van der Waals surface area contributed by atoms with E-state index in [9.17, 15) is 4.79 Å². The van der Waals surface area contributed by atoms with E-state index in [0.717, 1.165) is 26.2 Å². The number of likely N-dealkylation sites (N-methyl/N-ethyl adjacent to an activating group) is 1. The first-order valence-electron chi connectivity index (χ1n) is 5.66. The van der Waals surface area contributed by atoms with Crippen molar-refractivity contribution in [2.75, 3.05) is 31.5 Å². The minimum atomic E-state index is -0.0814. The van der Waals surface area contributed by atoms with Crippen molar-refractivity contribution >= 4 is 5.82 Å². The van der Waals surface area contributed by atoms with Crippen LogP contribution < -0.4 is 10.9 Å². The average Bonchev–Trinajstić information content (AvgIpc) is 2.30. The molecule has 1 N–H and O–H groups in total. The molecule has 0 aromatic carbocycles. The van der Waals surface area contributed by atoms with Crippen LogP contribution in [-0.2, 0) is 7.05 Å². The summed E-state index contributed by atoms with van der Waals surface area (Å²) in [5.41, 5.74) is -0.0814. The van der Waals surface area contributed by atoms with Crippen molar-refractivity contribution in [2.24, 2.45) is 7.05 Å². The summed E-state index contributed by atoms with van der Waals surface area (Å²) in [6.07, 6.45) is 3.28. The van der Waals surface area contributed by atoms with Crippen LogP contribution in [0.4, 0.5) is 5.82 Å². The van der Waals surface area contributed by atoms with E-state index in [1.54, 1.807) is 19.4 Å². The Kier molecular flexibility index (Phi) is 4.98. The third-order valence-corrected chi connectivity index (χ3v) is 2.63. The molecule has 1 aromatic heterocycles. The first kappa shape index (κ1) is 12.7. The second kappa shape index (κ2) is 6.27. The van der Waals surface area contributed by atoms with Gasteiger partial charge in [-0.2, -0.15) is 0 Å².